The van der Waals surface area contributed by atoms with Gasteiger partial charge in [0.1, 0.15) is 5.69 Å². The summed E-state index contributed by atoms with van der Waals surface area (Å²) in [5.74, 6) is -0.162. The van der Waals surface area contributed by atoms with Crippen LogP contribution in [0.2, 0.25) is 0 Å². The zero-order valence-corrected chi connectivity index (χ0v) is 11.4. The lowest BCUT2D eigenvalue weighted by Crippen LogP contribution is -2.50. The number of nitrogens with one attached hydrogen (secondary N) is 1. The predicted molar refractivity (Wildman–Crippen MR) is 69.9 cm³/mol. The molecule has 1 aliphatic heterocycles. The number of rotatable bonds is 5. The Hall–Kier alpha value is -1.40. The van der Waals surface area contributed by atoms with E-state index < -0.39 is 5.54 Å². The second-order valence-corrected chi connectivity index (χ2v) is 5.27. The Morgan fingerprint density at radius 3 is 3.05 bits per heavy atom. The Kier molecular flexibility index (Phi) is 4.21. The summed E-state index contributed by atoms with van der Waals surface area (Å²) in [5, 5.41) is 16.3. The number of nitrogens with zero attached hydrogens (tertiary/aromatic N) is 2. The summed E-state index contributed by atoms with van der Waals surface area (Å²) in [4.78, 5) is 12.4. The largest absolute Gasteiger partial charge is 0.396 e. The first-order chi connectivity index (χ1) is 9.08. The number of aliphatic hydroxyl groups is 1. The van der Waals surface area contributed by atoms with Crippen molar-refractivity contribution >= 4 is 5.91 Å². The van der Waals surface area contributed by atoms with Crippen LogP contribution in [-0.4, -0.2) is 46.2 Å². The van der Waals surface area contributed by atoms with Crippen LogP contribution in [0.3, 0.4) is 0 Å². The average molecular weight is 267 g/mol. The van der Waals surface area contributed by atoms with Gasteiger partial charge >= 0.3 is 0 Å². The zero-order chi connectivity index (χ0) is 13.9. The third-order valence-corrected chi connectivity index (χ3v) is 3.46. The Bertz CT molecular complexity index is 436. The predicted octanol–water partition coefficient (Wildman–Crippen LogP) is 0.735. The standard InChI is InChI=1S/C13H21N3O3/c1-10(2)16-11(3-6-14-16)12(18)15-13(4-7-17)5-8-19-9-13/h3,6,10,17H,4-5,7-9H2,1-2H3,(H,15,18). The maximum Gasteiger partial charge on any atom is 0.270 e. The van der Waals surface area contributed by atoms with E-state index in [-0.39, 0.29) is 18.6 Å². The normalized spacial score (nSPS) is 22.9. The molecule has 2 rings (SSSR count). The van der Waals surface area contributed by atoms with Gasteiger partial charge in [-0.3, -0.25) is 9.48 Å². The summed E-state index contributed by atoms with van der Waals surface area (Å²) in [6.07, 6.45) is 2.86. The number of ether oxygens (including phenoxy) is 1. The van der Waals surface area contributed by atoms with E-state index in [1.165, 1.54) is 0 Å². The molecule has 1 fully saturated rings. The minimum Gasteiger partial charge on any atom is -0.396 e. The molecule has 1 atom stereocenters. The summed E-state index contributed by atoms with van der Waals surface area (Å²) in [5.41, 5.74) is 0.0944. The molecule has 106 valence electrons. The first-order valence-corrected chi connectivity index (χ1v) is 6.63. The molecule has 1 aromatic rings. The summed E-state index contributed by atoms with van der Waals surface area (Å²) in [7, 11) is 0. The second-order valence-electron chi connectivity index (χ2n) is 5.27. The Labute approximate surface area is 112 Å². The van der Waals surface area contributed by atoms with E-state index >= 15 is 0 Å². The molecule has 0 aromatic carbocycles. The quantitative estimate of drug-likeness (QED) is 0.825. The number of carbonyl (C=O) groups excluding carboxylic acids is 1. The maximum absolute atomic E-state index is 12.4. The van der Waals surface area contributed by atoms with Gasteiger partial charge in [-0.1, -0.05) is 0 Å². The van der Waals surface area contributed by atoms with Crippen molar-refractivity contribution in [1.29, 1.82) is 0 Å². The van der Waals surface area contributed by atoms with Crippen molar-refractivity contribution in [2.45, 2.75) is 38.3 Å². The first-order valence-electron chi connectivity index (χ1n) is 6.63. The van der Waals surface area contributed by atoms with Crippen LogP contribution in [0, 0.1) is 0 Å². The summed E-state index contributed by atoms with van der Waals surface area (Å²) < 4.78 is 7.05. The molecule has 2 heterocycles. The second kappa shape index (κ2) is 5.71. The van der Waals surface area contributed by atoms with Gasteiger partial charge < -0.3 is 15.2 Å². The summed E-state index contributed by atoms with van der Waals surface area (Å²) in [6.45, 7) is 5.06. The van der Waals surface area contributed by atoms with Crippen LogP contribution in [-0.2, 0) is 4.74 Å². The maximum atomic E-state index is 12.4. The molecule has 19 heavy (non-hydrogen) atoms. The smallest absolute Gasteiger partial charge is 0.270 e. The molecule has 2 N–H and O–H groups in total. The van der Waals surface area contributed by atoms with Gasteiger partial charge in [0.25, 0.3) is 5.91 Å². The molecule has 0 spiro atoms. The fraction of sp³-hybridized carbons (Fsp3) is 0.692. The number of carbonyl (C=O) groups is 1. The van der Waals surface area contributed by atoms with Gasteiger partial charge in [-0.2, -0.15) is 5.10 Å². The van der Waals surface area contributed by atoms with Crippen molar-refractivity contribution in [3.8, 4) is 0 Å². The van der Waals surface area contributed by atoms with Crippen LogP contribution < -0.4 is 5.32 Å². The van der Waals surface area contributed by atoms with Gasteiger partial charge in [-0.05, 0) is 32.8 Å². The van der Waals surface area contributed by atoms with E-state index in [1.54, 1.807) is 16.9 Å². The Morgan fingerprint density at radius 1 is 1.68 bits per heavy atom. The SMILES string of the molecule is CC(C)n1nccc1C(=O)NC1(CCO)CCOC1. The molecular weight excluding hydrogens is 246 g/mol. The fourth-order valence-electron chi connectivity index (χ4n) is 2.39. The molecule has 0 bridgehead atoms. The molecule has 1 amide bonds. The number of aromatic nitrogens is 2. The van der Waals surface area contributed by atoms with Crippen LogP contribution >= 0.6 is 0 Å². The van der Waals surface area contributed by atoms with E-state index in [1.807, 2.05) is 13.8 Å². The molecule has 6 nitrogen and oxygen atoms in total. The van der Waals surface area contributed by atoms with Crippen molar-refractivity contribution in [3.05, 3.63) is 18.0 Å². The molecule has 0 saturated carbocycles. The van der Waals surface area contributed by atoms with E-state index in [0.717, 1.165) is 6.42 Å². The van der Waals surface area contributed by atoms with Gasteiger partial charge in [0, 0.05) is 25.5 Å². The van der Waals surface area contributed by atoms with Gasteiger partial charge in [0.15, 0.2) is 0 Å². The van der Waals surface area contributed by atoms with Gasteiger partial charge in [-0.25, -0.2) is 0 Å². The van der Waals surface area contributed by atoms with Crippen LogP contribution in [0.15, 0.2) is 12.3 Å². The Balaban J connectivity index is 2.13. The van der Waals surface area contributed by atoms with E-state index in [0.29, 0.717) is 25.3 Å². The molecule has 1 aliphatic rings. The van der Waals surface area contributed by atoms with Crippen LogP contribution in [0.4, 0.5) is 0 Å². The lowest BCUT2D eigenvalue weighted by Gasteiger charge is -2.28. The first kappa shape index (κ1) is 14.0. The molecule has 0 radical (unpaired) electrons. The third kappa shape index (κ3) is 2.96. The highest BCUT2D eigenvalue weighted by molar-refractivity contribution is 5.93. The molecule has 1 saturated heterocycles. The molecule has 0 aliphatic carbocycles. The van der Waals surface area contributed by atoms with Gasteiger partial charge in [-0.15, -0.1) is 0 Å². The fourth-order valence-corrected chi connectivity index (χ4v) is 2.39. The van der Waals surface area contributed by atoms with E-state index in [9.17, 15) is 4.79 Å². The number of amides is 1. The lowest BCUT2D eigenvalue weighted by atomic mass is 9.94. The minimum atomic E-state index is -0.447. The van der Waals surface area contributed by atoms with Crippen molar-refractivity contribution in [2.24, 2.45) is 0 Å². The number of hydrogen-bond donors (Lipinski definition) is 2. The van der Waals surface area contributed by atoms with Crippen molar-refractivity contribution in [1.82, 2.24) is 15.1 Å². The highest BCUT2D eigenvalue weighted by Crippen LogP contribution is 2.23. The van der Waals surface area contributed by atoms with Crippen molar-refractivity contribution in [2.75, 3.05) is 19.8 Å². The summed E-state index contributed by atoms with van der Waals surface area (Å²) >= 11 is 0. The Morgan fingerprint density at radius 2 is 2.47 bits per heavy atom. The molecule has 6 heteroatoms. The lowest BCUT2D eigenvalue weighted by molar-refractivity contribution is 0.0838. The number of aliphatic hydroxyl groups excluding tert-OH is 1. The molecule has 1 aromatic heterocycles. The van der Waals surface area contributed by atoms with E-state index in [2.05, 4.69) is 10.4 Å². The van der Waals surface area contributed by atoms with Crippen molar-refractivity contribution < 1.29 is 14.6 Å². The van der Waals surface area contributed by atoms with Crippen LogP contribution in [0.1, 0.15) is 43.2 Å². The zero-order valence-electron chi connectivity index (χ0n) is 11.4. The average Bonchev–Trinajstić information content (AvgIpc) is 2.97. The minimum absolute atomic E-state index is 0.0348. The highest BCUT2D eigenvalue weighted by Gasteiger charge is 2.36. The van der Waals surface area contributed by atoms with Crippen LogP contribution in [0.5, 0.6) is 0 Å². The third-order valence-electron chi connectivity index (χ3n) is 3.46. The van der Waals surface area contributed by atoms with Crippen molar-refractivity contribution in [3.63, 3.8) is 0 Å². The highest BCUT2D eigenvalue weighted by atomic mass is 16.5. The molecular formula is C13H21N3O3. The topological polar surface area (TPSA) is 76.4 Å². The van der Waals surface area contributed by atoms with Crippen LogP contribution in [0.25, 0.3) is 0 Å². The van der Waals surface area contributed by atoms with Gasteiger partial charge in [0.2, 0.25) is 0 Å². The summed E-state index contributed by atoms with van der Waals surface area (Å²) in [6, 6.07) is 1.84. The van der Waals surface area contributed by atoms with E-state index in [4.69, 9.17) is 9.84 Å². The number of hydrogen-bond acceptors (Lipinski definition) is 4. The molecule has 1 unspecified atom stereocenters. The monoisotopic (exact) mass is 267 g/mol. The van der Waals surface area contributed by atoms with Gasteiger partial charge in [0.05, 0.1) is 12.1 Å².